The largest absolute Gasteiger partial charge is 0.354 e. The summed E-state index contributed by atoms with van der Waals surface area (Å²) in [7, 11) is 0. The number of rotatable bonds is 6. The number of hydrogen-bond acceptors (Lipinski definition) is 3. The molecular formula is C11H23N3O2. The molecule has 0 radical (unpaired) electrons. The number of hydrogen-bond donors (Lipinski definition) is 3. The Kier molecular flexibility index (Phi) is 6.72. The van der Waals surface area contributed by atoms with E-state index in [1.807, 2.05) is 6.92 Å². The van der Waals surface area contributed by atoms with Crippen LogP contribution in [-0.4, -0.2) is 30.4 Å². The molecule has 0 aliphatic rings. The van der Waals surface area contributed by atoms with Crippen LogP contribution < -0.4 is 16.4 Å². The van der Waals surface area contributed by atoms with Gasteiger partial charge in [0.15, 0.2) is 0 Å². The van der Waals surface area contributed by atoms with Crippen molar-refractivity contribution in [2.24, 2.45) is 11.7 Å². The average molecular weight is 229 g/mol. The lowest BCUT2D eigenvalue weighted by Gasteiger charge is -2.19. The second kappa shape index (κ2) is 7.22. The predicted octanol–water partition coefficient (Wildman–Crippen LogP) is 0.000600. The van der Waals surface area contributed by atoms with Crippen LogP contribution in [0.3, 0.4) is 0 Å². The number of nitrogens with one attached hydrogen (secondary N) is 2. The fraction of sp³-hybridized carbons (Fsp3) is 0.818. The fourth-order valence-electron chi connectivity index (χ4n) is 1.05. The molecule has 0 aromatic carbocycles. The fourth-order valence-corrected chi connectivity index (χ4v) is 1.05. The molecule has 0 aromatic rings. The van der Waals surface area contributed by atoms with E-state index < -0.39 is 6.04 Å². The SMILES string of the molecule is CCCNC(=O)C(C)NC(=O)C(C)C(C)N. The molecule has 0 aliphatic heterocycles. The van der Waals surface area contributed by atoms with Gasteiger partial charge in [-0.15, -0.1) is 0 Å². The number of carbonyl (C=O) groups excluding carboxylic acids is 2. The zero-order chi connectivity index (χ0) is 12.7. The van der Waals surface area contributed by atoms with Gasteiger partial charge >= 0.3 is 0 Å². The van der Waals surface area contributed by atoms with Crippen molar-refractivity contribution < 1.29 is 9.59 Å². The molecule has 0 bridgehead atoms. The first-order chi connectivity index (χ1) is 7.40. The van der Waals surface area contributed by atoms with Gasteiger partial charge in [-0.2, -0.15) is 0 Å². The Morgan fingerprint density at radius 3 is 2.19 bits per heavy atom. The first-order valence-corrected chi connectivity index (χ1v) is 5.73. The van der Waals surface area contributed by atoms with Gasteiger partial charge in [-0.3, -0.25) is 9.59 Å². The first kappa shape index (κ1) is 14.9. The van der Waals surface area contributed by atoms with Crippen molar-refractivity contribution in [2.45, 2.75) is 46.2 Å². The van der Waals surface area contributed by atoms with E-state index in [0.29, 0.717) is 6.54 Å². The molecule has 3 unspecified atom stereocenters. The van der Waals surface area contributed by atoms with Crippen LogP contribution in [-0.2, 0) is 9.59 Å². The minimum atomic E-state index is -0.514. The van der Waals surface area contributed by atoms with E-state index in [1.165, 1.54) is 0 Å². The van der Waals surface area contributed by atoms with Gasteiger partial charge in [0, 0.05) is 18.5 Å². The predicted molar refractivity (Wildman–Crippen MR) is 63.7 cm³/mol. The molecule has 4 N–H and O–H groups in total. The standard InChI is InChI=1S/C11H23N3O2/c1-5-6-13-11(16)9(4)14-10(15)7(2)8(3)12/h7-9H,5-6,12H2,1-4H3,(H,13,16)(H,14,15). The smallest absolute Gasteiger partial charge is 0.242 e. The summed E-state index contributed by atoms with van der Waals surface area (Å²) in [6, 6.07) is -0.730. The Bertz CT molecular complexity index is 241. The Balaban J connectivity index is 4.08. The van der Waals surface area contributed by atoms with Gasteiger partial charge in [0.25, 0.3) is 0 Å². The zero-order valence-corrected chi connectivity index (χ0v) is 10.5. The van der Waals surface area contributed by atoms with Crippen LogP contribution in [0.15, 0.2) is 0 Å². The lowest BCUT2D eigenvalue weighted by atomic mass is 10.0. The summed E-state index contributed by atoms with van der Waals surface area (Å²) in [6.45, 7) is 7.78. The van der Waals surface area contributed by atoms with Crippen molar-refractivity contribution in [3.05, 3.63) is 0 Å². The van der Waals surface area contributed by atoms with Gasteiger partial charge in [-0.05, 0) is 20.3 Å². The van der Waals surface area contributed by atoms with E-state index in [0.717, 1.165) is 6.42 Å². The minimum absolute atomic E-state index is 0.160. The summed E-state index contributed by atoms with van der Waals surface area (Å²) in [5.41, 5.74) is 5.61. The molecule has 0 aromatic heterocycles. The molecule has 94 valence electrons. The Morgan fingerprint density at radius 2 is 1.75 bits per heavy atom. The summed E-state index contributed by atoms with van der Waals surface area (Å²) >= 11 is 0. The van der Waals surface area contributed by atoms with Crippen molar-refractivity contribution in [1.82, 2.24) is 10.6 Å². The third kappa shape index (κ3) is 5.11. The van der Waals surface area contributed by atoms with E-state index in [1.54, 1.807) is 20.8 Å². The molecule has 5 nitrogen and oxygen atoms in total. The Labute approximate surface area is 97.2 Å². The lowest BCUT2D eigenvalue weighted by molar-refractivity contribution is -0.130. The highest BCUT2D eigenvalue weighted by molar-refractivity contribution is 5.88. The number of carbonyl (C=O) groups is 2. The minimum Gasteiger partial charge on any atom is -0.354 e. The summed E-state index contributed by atoms with van der Waals surface area (Å²) < 4.78 is 0. The van der Waals surface area contributed by atoms with E-state index in [4.69, 9.17) is 5.73 Å². The Hall–Kier alpha value is -1.10. The molecule has 0 saturated heterocycles. The third-order valence-corrected chi connectivity index (χ3v) is 2.50. The molecule has 16 heavy (non-hydrogen) atoms. The molecule has 5 heteroatoms. The average Bonchev–Trinajstić information content (AvgIpc) is 2.24. The Morgan fingerprint density at radius 1 is 1.19 bits per heavy atom. The maximum Gasteiger partial charge on any atom is 0.242 e. The van der Waals surface area contributed by atoms with Crippen LogP contribution in [0.1, 0.15) is 34.1 Å². The monoisotopic (exact) mass is 229 g/mol. The highest BCUT2D eigenvalue weighted by atomic mass is 16.2. The van der Waals surface area contributed by atoms with Gasteiger partial charge in [0.05, 0.1) is 0 Å². The van der Waals surface area contributed by atoms with Crippen LogP contribution in [0.2, 0.25) is 0 Å². The summed E-state index contributed by atoms with van der Waals surface area (Å²) in [5.74, 6) is -0.636. The third-order valence-electron chi connectivity index (χ3n) is 2.50. The summed E-state index contributed by atoms with van der Waals surface area (Å²) in [6.07, 6.45) is 0.878. The number of nitrogens with two attached hydrogens (primary N) is 1. The van der Waals surface area contributed by atoms with Crippen molar-refractivity contribution in [2.75, 3.05) is 6.54 Å². The van der Waals surface area contributed by atoms with Crippen molar-refractivity contribution in [3.8, 4) is 0 Å². The molecule has 0 spiro atoms. The van der Waals surface area contributed by atoms with Gasteiger partial charge in [-0.25, -0.2) is 0 Å². The van der Waals surface area contributed by atoms with Crippen LogP contribution in [0, 0.1) is 5.92 Å². The second-order valence-corrected chi connectivity index (χ2v) is 4.17. The normalized spacial score (nSPS) is 16.1. The first-order valence-electron chi connectivity index (χ1n) is 5.73. The maximum absolute atomic E-state index is 11.6. The van der Waals surface area contributed by atoms with E-state index in [-0.39, 0.29) is 23.8 Å². The number of amides is 2. The zero-order valence-electron chi connectivity index (χ0n) is 10.5. The quantitative estimate of drug-likeness (QED) is 0.599. The van der Waals surface area contributed by atoms with Crippen molar-refractivity contribution >= 4 is 11.8 Å². The van der Waals surface area contributed by atoms with Crippen LogP contribution >= 0.6 is 0 Å². The van der Waals surface area contributed by atoms with Crippen LogP contribution in [0.5, 0.6) is 0 Å². The molecule has 0 aliphatic carbocycles. The molecule has 2 amide bonds. The highest BCUT2D eigenvalue weighted by Gasteiger charge is 2.21. The van der Waals surface area contributed by atoms with E-state index in [2.05, 4.69) is 10.6 Å². The molecule has 0 saturated carbocycles. The summed E-state index contributed by atoms with van der Waals surface area (Å²) in [5, 5.41) is 5.36. The van der Waals surface area contributed by atoms with Crippen LogP contribution in [0.4, 0.5) is 0 Å². The topological polar surface area (TPSA) is 84.2 Å². The van der Waals surface area contributed by atoms with Crippen molar-refractivity contribution in [3.63, 3.8) is 0 Å². The van der Waals surface area contributed by atoms with Crippen molar-refractivity contribution in [1.29, 1.82) is 0 Å². The van der Waals surface area contributed by atoms with E-state index >= 15 is 0 Å². The van der Waals surface area contributed by atoms with Gasteiger partial charge in [-0.1, -0.05) is 13.8 Å². The lowest BCUT2D eigenvalue weighted by Crippen LogP contribution is -2.48. The molecule has 0 rings (SSSR count). The van der Waals surface area contributed by atoms with Crippen LogP contribution in [0.25, 0.3) is 0 Å². The summed E-state index contributed by atoms with van der Waals surface area (Å²) in [4.78, 5) is 23.1. The van der Waals surface area contributed by atoms with E-state index in [9.17, 15) is 9.59 Å². The second-order valence-electron chi connectivity index (χ2n) is 4.17. The maximum atomic E-state index is 11.6. The molecule has 0 fully saturated rings. The molecule has 0 heterocycles. The highest BCUT2D eigenvalue weighted by Crippen LogP contribution is 2.00. The molecular weight excluding hydrogens is 206 g/mol. The van der Waals surface area contributed by atoms with Gasteiger partial charge in [0.1, 0.15) is 6.04 Å². The molecule has 3 atom stereocenters. The van der Waals surface area contributed by atoms with Gasteiger partial charge < -0.3 is 16.4 Å². The van der Waals surface area contributed by atoms with Gasteiger partial charge in [0.2, 0.25) is 11.8 Å².